The monoisotopic (exact) mass is 568 g/mol. The number of aromatic hydroxyl groups is 4. The maximum atomic E-state index is 10.3. The molecule has 4 nitrogen and oxygen atoms in total. The minimum atomic E-state index is -0.235. The third kappa shape index (κ3) is 7.28. The fraction of sp³-hybridized carbons (Fsp3) is 0.368. The lowest BCUT2D eigenvalue weighted by atomic mass is 9.73. The Kier molecular flexibility index (Phi) is 9.12. The summed E-state index contributed by atoms with van der Waals surface area (Å²) < 4.78 is 0. The molecule has 0 saturated heterocycles. The molecular formula is C38H48O4. The van der Waals surface area contributed by atoms with Crippen molar-refractivity contribution >= 4 is 0 Å². The molecule has 4 aromatic rings. The van der Waals surface area contributed by atoms with Crippen LogP contribution in [-0.2, 0) is 21.7 Å². The van der Waals surface area contributed by atoms with Gasteiger partial charge in [0.15, 0.2) is 0 Å². The lowest BCUT2D eigenvalue weighted by Gasteiger charge is -2.31. The van der Waals surface area contributed by atoms with Gasteiger partial charge in [-0.15, -0.1) is 0 Å². The topological polar surface area (TPSA) is 80.9 Å². The zero-order valence-electron chi connectivity index (χ0n) is 26.9. The van der Waals surface area contributed by atoms with E-state index in [4.69, 9.17) is 0 Å². The second kappa shape index (κ2) is 11.8. The summed E-state index contributed by atoms with van der Waals surface area (Å²) in [5, 5.41) is 39.1. The van der Waals surface area contributed by atoms with Crippen molar-refractivity contribution in [2.45, 2.75) is 90.9 Å². The molecule has 224 valence electrons. The van der Waals surface area contributed by atoms with Crippen molar-refractivity contribution in [3.63, 3.8) is 0 Å². The first-order valence-electron chi connectivity index (χ1n) is 14.5. The van der Waals surface area contributed by atoms with Gasteiger partial charge in [-0.25, -0.2) is 0 Å². The molecule has 42 heavy (non-hydrogen) atoms. The zero-order valence-corrected chi connectivity index (χ0v) is 26.9. The van der Waals surface area contributed by atoms with E-state index in [1.165, 1.54) is 0 Å². The quantitative estimate of drug-likeness (QED) is 0.198. The first-order valence-corrected chi connectivity index (χ1v) is 14.5. The number of hydrogen-bond donors (Lipinski definition) is 4. The first-order chi connectivity index (χ1) is 19.2. The highest BCUT2D eigenvalue weighted by molar-refractivity contribution is 5.50. The SMILES string of the molecule is CC(C)(C)c1cc(C(C)(C)c2ccc(O)c(C(C)(C)C)c2)ccc1O.CC(C)(c1ccc(O)cc1)c1ccc(O)cc1. The van der Waals surface area contributed by atoms with Crippen LogP contribution in [0.2, 0.25) is 0 Å². The number of rotatable bonds is 4. The van der Waals surface area contributed by atoms with Gasteiger partial charge >= 0.3 is 0 Å². The highest BCUT2D eigenvalue weighted by Gasteiger charge is 2.29. The molecule has 0 atom stereocenters. The minimum absolute atomic E-state index is 0.123. The maximum Gasteiger partial charge on any atom is 0.119 e. The van der Waals surface area contributed by atoms with Gasteiger partial charge < -0.3 is 20.4 Å². The van der Waals surface area contributed by atoms with Crippen LogP contribution in [-0.4, -0.2) is 20.4 Å². The van der Waals surface area contributed by atoms with Gasteiger partial charge in [-0.3, -0.25) is 0 Å². The summed E-state index contributed by atoms with van der Waals surface area (Å²) in [6.45, 7) is 21.3. The summed E-state index contributed by atoms with van der Waals surface area (Å²) in [7, 11) is 0. The van der Waals surface area contributed by atoms with E-state index in [1.54, 1.807) is 36.4 Å². The van der Waals surface area contributed by atoms with E-state index in [9.17, 15) is 20.4 Å². The highest BCUT2D eigenvalue weighted by Crippen LogP contribution is 2.40. The van der Waals surface area contributed by atoms with Crippen LogP contribution in [0.3, 0.4) is 0 Å². The third-order valence-electron chi connectivity index (χ3n) is 8.23. The Morgan fingerprint density at radius 2 is 0.619 bits per heavy atom. The van der Waals surface area contributed by atoms with Crippen LogP contribution in [0.5, 0.6) is 23.0 Å². The molecule has 4 N–H and O–H groups in total. The predicted molar refractivity (Wildman–Crippen MR) is 174 cm³/mol. The van der Waals surface area contributed by atoms with Crippen molar-refractivity contribution in [1.29, 1.82) is 0 Å². The van der Waals surface area contributed by atoms with Crippen LogP contribution in [0.4, 0.5) is 0 Å². The fourth-order valence-electron chi connectivity index (χ4n) is 5.14. The van der Waals surface area contributed by atoms with Gasteiger partial charge in [-0.1, -0.05) is 118 Å². The first kappa shape index (κ1) is 32.6. The number of benzene rings is 4. The molecule has 0 amide bonds. The Morgan fingerprint density at radius 3 is 0.905 bits per heavy atom. The van der Waals surface area contributed by atoms with Gasteiger partial charge in [0.1, 0.15) is 23.0 Å². The van der Waals surface area contributed by atoms with E-state index in [1.807, 2.05) is 36.4 Å². The Hall–Kier alpha value is -3.92. The normalized spacial score (nSPS) is 12.4. The summed E-state index contributed by atoms with van der Waals surface area (Å²) in [6, 6.07) is 26.2. The molecule has 0 unspecified atom stereocenters. The maximum absolute atomic E-state index is 10.3. The predicted octanol–water partition coefficient (Wildman–Crippen LogP) is 9.44. The molecule has 0 bridgehead atoms. The molecule has 0 fully saturated rings. The van der Waals surface area contributed by atoms with E-state index < -0.39 is 0 Å². The standard InChI is InChI=1S/C23H32O2.C15H16O2/c1-21(2,3)17-13-15(9-11-19(17)24)23(7,8)16-10-12-20(25)18(14-16)22(4,5)6;1-15(2,11-3-7-13(16)8-4-11)12-5-9-14(17)10-6-12/h9-14,24-25H,1-8H3;3-10,16-17H,1-2H3. The van der Waals surface area contributed by atoms with Crippen LogP contribution < -0.4 is 0 Å². The molecule has 4 aromatic carbocycles. The number of phenolic OH excluding ortho intramolecular Hbond substituents is 4. The molecule has 4 heteroatoms. The average molecular weight is 569 g/mol. The second-order valence-electron chi connectivity index (χ2n) is 14.3. The van der Waals surface area contributed by atoms with Crippen molar-refractivity contribution in [3.8, 4) is 23.0 Å². The highest BCUT2D eigenvalue weighted by atomic mass is 16.3. The van der Waals surface area contributed by atoms with E-state index >= 15 is 0 Å². The van der Waals surface area contributed by atoms with Crippen LogP contribution >= 0.6 is 0 Å². The fourth-order valence-corrected chi connectivity index (χ4v) is 5.14. The van der Waals surface area contributed by atoms with E-state index in [2.05, 4.69) is 81.4 Å². The van der Waals surface area contributed by atoms with Crippen LogP contribution in [0.15, 0.2) is 84.9 Å². The van der Waals surface area contributed by atoms with Gasteiger partial charge in [0.25, 0.3) is 0 Å². The van der Waals surface area contributed by atoms with E-state index in [0.717, 1.165) is 33.4 Å². The summed E-state index contributed by atoms with van der Waals surface area (Å²) in [5.41, 5.74) is 5.83. The van der Waals surface area contributed by atoms with E-state index in [-0.39, 0.29) is 33.2 Å². The average Bonchev–Trinajstić information content (AvgIpc) is 2.88. The molecule has 0 aliphatic rings. The number of hydrogen-bond acceptors (Lipinski definition) is 4. The van der Waals surface area contributed by atoms with Crippen LogP contribution in [0.1, 0.15) is 103 Å². The van der Waals surface area contributed by atoms with Crippen molar-refractivity contribution in [1.82, 2.24) is 0 Å². The second-order valence-corrected chi connectivity index (χ2v) is 14.3. The van der Waals surface area contributed by atoms with Crippen molar-refractivity contribution in [2.24, 2.45) is 0 Å². The van der Waals surface area contributed by atoms with Gasteiger partial charge in [-0.05, 0) is 80.6 Å². The number of phenols is 4. The molecule has 0 aliphatic carbocycles. The molecule has 0 saturated carbocycles. The third-order valence-corrected chi connectivity index (χ3v) is 8.23. The molecule has 0 heterocycles. The van der Waals surface area contributed by atoms with Gasteiger partial charge in [0.05, 0.1) is 0 Å². The zero-order chi connectivity index (χ0) is 31.7. The Balaban J connectivity index is 0.000000247. The Morgan fingerprint density at radius 1 is 0.357 bits per heavy atom. The summed E-state index contributed by atoms with van der Waals surface area (Å²) in [6.07, 6.45) is 0. The van der Waals surface area contributed by atoms with Gasteiger partial charge in [-0.2, -0.15) is 0 Å². The summed E-state index contributed by atoms with van der Waals surface area (Å²) in [4.78, 5) is 0. The van der Waals surface area contributed by atoms with Gasteiger partial charge in [0.2, 0.25) is 0 Å². The minimum Gasteiger partial charge on any atom is -0.508 e. The lowest BCUT2D eigenvalue weighted by Crippen LogP contribution is -2.22. The van der Waals surface area contributed by atoms with E-state index in [0.29, 0.717) is 11.5 Å². The Bertz CT molecular complexity index is 1380. The summed E-state index contributed by atoms with van der Waals surface area (Å²) in [5.74, 6) is 1.23. The van der Waals surface area contributed by atoms with Crippen molar-refractivity contribution in [2.75, 3.05) is 0 Å². The molecule has 4 rings (SSSR count). The van der Waals surface area contributed by atoms with Crippen LogP contribution in [0.25, 0.3) is 0 Å². The molecule has 0 aliphatic heterocycles. The Labute approximate surface area is 252 Å². The smallest absolute Gasteiger partial charge is 0.119 e. The van der Waals surface area contributed by atoms with Gasteiger partial charge in [0, 0.05) is 10.8 Å². The van der Waals surface area contributed by atoms with Crippen molar-refractivity contribution in [3.05, 3.63) is 118 Å². The molecule has 0 spiro atoms. The largest absolute Gasteiger partial charge is 0.508 e. The molecule has 0 radical (unpaired) electrons. The van der Waals surface area contributed by atoms with Crippen molar-refractivity contribution < 1.29 is 20.4 Å². The molecule has 0 aromatic heterocycles. The lowest BCUT2D eigenvalue weighted by molar-refractivity contribution is 0.444. The summed E-state index contributed by atoms with van der Waals surface area (Å²) >= 11 is 0. The van der Waals surface area contributed by atoms with Crippen LogP contribution in [0, 0.1) is 0 Å². The molecular weight excluding hydrogens is 520 g/mol.